The van der Waals surface area contributed by atoms with Crippen molar-refractivity contribution in [3.05, 3.63) is 29.1 Å². The Bertz CT molecular complexity index is 570. The molecule has 6 heteroatoms. The molecule has 2 aromatic rings. The number of aromatic nitrogens is 2. The third kappa shape index (κ3) is 1.04. The average Bonchev–Trinajstić information content (AvgIpc) is 2.80. The predicted molar refractivity (Wildman–Crippen MR) is 53.9 cm³/mol. The number of aromatic carboxylic acids is 1. The number of H-pyrrole nitrogens is 1. The lowest BCUT2D eigenvalue weighted by Gasteiger charge is -2.17. The van der Waals surface area contributed by atoms with Crippen molar-refractivity contribution in [3.8, 4) is 11.5 Å². The Labute approximate surface area is 90.0 Å². The molecule has 2 heterocycles. The summed E-state index contributed by atoms with van der Waals surface area (Å²) in [6.07, 6.45) is 2.36. The van der Waals surface area contributed by atoms with Gasteiger partial charge in [0.1, 0.15) is 0 Å². The zero-order valence-electron chi connectivity index (χ0n) is 8.23. The monoisotopic (exact) mass is 219 g/mol. The smallest absolute Gasteiger partial charge is 0.358 e. The molecule has 0 saturated carbocycles. The molecule has 0 saturated heterocycles. The van der Waals surface area contributed by atoms with Gasteiger partial charge in [-0.05, 0) is 18.1 Å². The maximum Gasteiger partial charge on any atom is 0.358 e. The van der Waals surface area contributed by atoms with Crippen LogP contribution in [0.1, 0.15) is 27.7 Å². The summed E-state index contributed by atoms with van der Waals surface area (Å²) in [5, 5.41) is 12.5. The van der Waals surface area contributed by atoms with E-state index in [-0.39, 0.29) is 11.7 Å². The molecule has 1 atom stereocenters. The molecule has 0 spiro atoms. The van der Waals surface area contributed by atoms with E-state index >= 15 is 0 Å². The molecular weight excluding hydrogens is 210 g/mol. The third-order valence-electron chi connectivity index (χ3n) is 2.80. The van der Waals surface area contributed by atoms with Crippen LogP contribution in [0.25, 0.3) is 11.5 Å². The van der Waals surface area contributed by atoms with Crippen molar-refractivity contribution in [2.24, 2.45) is 5.73 Å². The molecule has 3 rings (SSSR count). The Morgan fingerprint density at radius 3 is 3.25 bits per heavy atom. The van der Waals surface area contributed by atoms with E-state index in [9.17, 15) is 4.79 Å². The molecule has 0 bridgehead atoms. The van der Waals surface area contributed by atoms with Gasteiger partial charge in [-0.25, -0.2) is 4.79 Å². The SMILES string of the molecule is NC1Cc2cc[nH]c2-c2onc(C(=O)O)c21. The lowest BCUT2D eigenvalue weighted by molar-refractivity contribution is 0.0684. The van der Waals surface area contributed by atoms with Crippen molar-refractivity contribution in [1.82, 2.24) is 10.1 Å². The number of nitrogens with zero attached hydrogens (tertiary/aromatic N) is 1. The highest BCUT2D eigenvalue weighted by atomic mass is 16.5. The molecule has 82 valence electrons. The van der Waals surface area contributed by atoms with Crippen molar-refractivity contribution in [2.45, 2.75) is 12.5 Å². The fraction of sp³-hybridized carbons (Fsp3) is 0.200. The van der Waals surface area contributed by atoms with Crippen LogP contribution in [0.2, 0.25) is 0 Å². The van der Waals surface area contributed by atoms with Crippen molar-refractivity contribution in [2.75, 3.05) is 0 Å². The molecule has 4 N–H and O–H groups in total. The summed E-state index contributed by atoms with van der Waals surface area (Å²) < 4.78 is 5.06. The Morgan fingerprint density at radius 2 is 2.50 bits per heavy atom. The maximum absolute atomic E-state index is 10.9. The van der Waals surface area contributed by atoms with Gasteiger partial charge in [0.25, 0.3) is 0 Å². The van der Waals surface area contributed by atoms with Gasteiger partial charge in [-0.15, -0.1) is 0 Å². The van der Waals surface area contributed by atoms with E-state index in [2.05, 4.69) is 10.1 Å². The summed E-state index contributed by atoms with van der Waals surface area (Å²) in [4.78, 5) is 13.9. The summed E-state index contributed by atoms with van der Waals surface area (Å²) in [5.41, 5.74) is 8.10. The first-order chi connectivity index (χ1) is 7.68. The quantitative estimate of drug-likeness (QED) is 0.661. The minimum atomic E-state index is -1.12. The van der Waals surface area contributed by atoms with Gasteiger partial charge in [-0.3, -0.25) is 0 Å². The van der Waals surface area contributed by atoms with Crippen LogP contribution in [0.4, 0.5) is 0 Å². The van der Waals surface area contributed by atoms with Crippen LogP contribution in [0, 0.1) is 0 Å². The molecule has 0 fully saturated rings. The van der Waals surface area contributed by atoms with E-state index in [0.717, 1.165) is 11.3 Å². The van der Waals surface area contributed by atoms with Gasteiger partial charge >= 0.3 is 5.97 Å². The fourth-order valence-electron chi connectivity index (χ4n) is 2.10. The van der Waals surface area contributed by atoms with Crippen LogP contribution in [-0.2, 0) is 6.42 Å². The Morgan fingerprint density at radius 1 is 1.69 bits per heavy atom. The highest BCUT2D eigenvalue weighted by Gasteiger charge is 2.32. The van der Waals surface area contributed by atoms with Gasteiger partial charge in [0.05, 0.1) is 11.3 Å². The summed E-state index contributed by atoms with van der Waals surface area (Å²) in [6, 6.07) is 1.52. The third-order valence-corrected chi connectivity index (χ3v) is 2.80. The second-order valence-corrected chi connectivity index (χ2v) is 3.77. The highest BCUT2D eigenvalue weighted by molar-refractivity contribution is 5.89. The fourth-order valence-corrected chi connectivity index (χ4v) is 2.10. The van der Waals surface area contributed by atoms with E-state index in [0.29, 0.717) is 17.7 Å². The van der Waals surface area contributed by atoms with Gasteiger partial charge in [-0.2, -0.15) is 0 Å². The number of nitrogens with two attached hydrogens (primary N) is 1. The molecule has 0 aromatic carbocycles. The Hall–Kier alpha value is -2.08. The van der Waals surface area contributed by atoms with Crippen LogP contribution in [0.5, 0.6) is 0 Å². The molecule has 1 unspecified atom stereocenters. The van der Waals surface area contributed by atoms with Crippen LogP contribution in [-0.4, -0.2) is 21.2 Å². The van der Waals surface area contributed by atoms with Crippen molar-refractivity contribution < 1.29 is 14.4 Å². The van der Waals surface area contributed by atoms with Gasteiger partial charge in [0.2, 0.25) is 0 Å². The Balaban J connectivity index is 2.27. The summed E-state index contributed by atoms with van der Waals surface area (Å²) in [7, 11) is 0. The van der Waals surface area contributed by atoms with Crippen molar-refractivity contribution in [1.29, 1.82) is 0 Å². The number of aromatic amines is 1. The number of fused-ring (bicyclic) bond motifs is 3. The van der Waals surface area contributed by atoms with E-state index < -0.39 is 5.97 Å². The number of carbonyl (C=O) groups is 1. The molecule has 1 aliphatic rings. The van der Waals surface area contributed by atoms with Crippen molar-refractivity contribution >= 4 is 5.97 Å². The van der Waals surface area contributed by atoms with Gasteiger partial charge < -0.3 is 20.3 Å². The second-order valence-electron chi connectivity index (χ2n) is 3.77. The lowest BCUT2D eigenvalue weighted by atomic mass is 9.90. The Kier molecular flexibility index (Phi) is 1.69. The minimum Gasteiger partial charge on any atom is -0.476 e. The normalized spacial score (nSPS) is 17.9. The first kappa shape index (κ1) is 9.17. The molecule has 0 amide bonds. The van der Waals surface area contributed by atoms with Crippen LogP contribution in [0.3, 0.4) is 0 Å². The molecule has 2 aromatic heterocycles. The van der Waals surface area contributed by atoms with Crippen LogP contribution < -0.4 is 5.73 Å². The molecule has 0 aliphatic heterocycles. The number of nitrogens with one attached hydrogen (secondary N) is 1. The zero-order valence-corrected chi connectivity index (χ0v) is 8.23. The van der Waals surface area contributed by atoms with Gasteiger partial charge in [0, 0.05) is 12.2 Å². The van der Waals surface area contributed by atoms with Gasteiger partial charge in [-0.1, -0.05) is 5.16 Å². The zero-order chi connectivity index (χ0) is 11.3. The summed E-state index contributed by atoms with van der Waals surface area (Å²) >= 11 is 0. The number of carboxylic acids is 1. The van der Waals surface area contributed by atoms with Crippen LogP contribution in [0.15, 0.2) is 16.8 Å². The molecule has 1 aliphatic carbocycles. The largest absolute Gasteiger partial charge is 0.476 e. The van der Waals surface area contributed by atoms with Gasteiger partial charge in [0.15, 0.2) is 11.5 Å². The summed E-state index contributed by atoms with van der Waals surface area (Å²) in [6.45, 7) is 0. The maximum atomic E-state index is 10.9. The molecular formula is C10H9N3O3. The summed E-state index contributed by atoms with van der Waals surface area (Å²) in [5.74, 6) is -0.674. The average molecular weight is 219 g/mol. The van der Waals surface area contributed by atoms with Crippen molar-refractivity contribution in [3.63, 3.8) is 0 Å². The number of hydrogen-bond acceptors (Lipinski definition) is 4. The molecule has 6 nitrogen and oxygen atoms in total. The van der Waals surface area contributed by atoms with E-state index in [4.69, 9.17) is 15.4 Å². The topological polar surface area (TPSA) is 105 Å². The minimum absolute atomic E-state index is 0.0947. The van der Waals surface area contributed by atoms with E-state index in [1.54, 1.807) is 6.20 Å². The molecule has 16 heavy (non-hydrogen) atoms. The highest BCUT2D eigenvalue weighted by Crippen LogP contribution is 2.38. The first-order valence-electron chi connectivity index (χ1n) is 4.83. The van der Waals surface area contributed by atoms with Crippen LogP contribution >= 0.6 is 0 Å². The lowest BCUT2D eigenvalue weighted by Crippen LogP contribution is -2.20. The number of rotatable bonds is 1. The number of hydrogen-bond donors (Lipinski definition) is 3. The standard InChI is InChI=1S/C10H9N3O3/c11-5-3-4-1-2-12-7(4)9-6(5)8(10(14)15)13-16-9/h1-2,5,12H,3,11H2,(H,14,15). The molecule has 0 radical (unpaired) electrons. The second kappa shape index (κ2) is 2.96. The predicted octanol–water partition coefficient (Wildman–Crippen LogP) is 0.924. The van der Waals surface area contributed by atoms with E-state index in [1.807, 2.05) is 6.07 Å². The number of carboxylic acid groups (broad SMARTS) is 1. The first-order valence-corrected chi connectivity index (χ1v) is 4.83. The van der Waals surface area contributed by atoms with E-state index in [1.165, 1.54) is 0 Å².